The van der Waals surface area contributed by atoms with Gasteiger partial charge < -0.3 is 0 Å². The van der Waals surface area contributed by atoms with Crippen LogP contribution in [0, 0.1) is 23.7 Å². The molecule has 2 heteroatoms. The average Bonchev–Trinajstić information content (AvgIpc) is 3.55. The lowest BCUT2D eigenvalue weighted by Crippen LogP contribution is -2.39. The lowest BCUT2D eigenvalue weighted by atomic mass is 9.84. The summed E-state index contributed by atoms with van der Waals surface area (Å²) in [5.41, 5.74) is 4.42. The maximum atomic E-state index is 7.85. The molecule has 1 aromatic rings. The second-order valence-corrected chi connectivity index (χ2v) is 15.1. The first-order valence-electron chi connectivity index (χ1n) is 12.4. The number of hydrogen-bond donors (Lipinski definition) is 0. The standard InChI is InChI=1S/C26H37BP/c27-28(25-16-18-6-8-22(25)14-18,26-17-19-7-9-23(26)15-19)24-12-10-21(11-13-24)20-4-2-1-3-5-20/h1-5,18-19,21-26H,6-17H2/q+1. The second kappa shape index (κ2) is 7.15. The van der Waals surface area contributed by atoms with Crippen LogP contribution in [0.25, 0.3) is 0 Å². The molecule has 0 N–H and O–H groups in total. The molecular formula is C26H37BP+. The second-order valence-electron chi connectivity index (χ2n) is 11.3. The van der Waals surface area contributed by atoms with E-state index in [9.17, 15) is 0 Å². The van der Waals surface area contributed by atoms with E-state index in [1.54, 1.807) is 18.4 Å². The van der Waals surface area contributed by atoms with E-state index in [1.165, 1.54) is 64.2 Å². The molecule has 5 aliphatic rings. The summed E-state index contributed by atoms with van der Waals surface area (Å²) in [5, 5.41) is 0. The summed E-state index contributed by atoms with van der Waals surface area (Å²) >= 11 is 0. The molecule has 1 aromatic carbocycles. The fourth-order valence-electron chi connectivity index (χ4n) is 8.89. The van der Waals surface area contributed by atoms with Gasteiger partial charge in [-0.1, -0.05) is 30.3 Å². The summed E-state index contributed by atoms with van der Waals surface area (Å²) in [6.07, 6.45) is 17.9. The van der Waals surface area contributed by atoms with Crippen molar-refractivity contribution in [3.63, 3.8) is 0 Å². The van der Waals surface area contributed by atoms with E-state index < -0.39 is 7.14 Å². The average molecular weight is 391 g/mol. The van der Waals surface area contributed by atoms with Crippen LogP contribution in [0.3, 0.4) is 0 Å². The van der Waals surface area contributed by atoms with Crippen LogP contribution in [0.5, 0.6) is 0 Å². The Hall–Kier alpha value is -0.285. The molecule has 6 unspecified atom stereocenters. The molecular weight excluding hydrogens is 354 g/mol. The summed E-state index contributed by atoms with van der Waals surface area (Å²) in [6, 6.07) is 11.3. The van der Waals surface area contributed by atoms with E-state index in [2.05, 4.69) is 30.3 Å². The highest BCUT2D eigenvalue weighted by atomic mass is 31.2. The largest absolute Gasteiger partial charge is 0.366 e. The van der Waals surface area contributed by atoms with E-state index in [4.69, 9.17) is 7.57 Å². The molecule has 0 spiro atoms. The quantitative estimate of drug-likeness (QED) is 0.376. The van der Waals surface area contributed by atoms with Gasteiger partial charge in [0.25, 0.3) is 0 Å². The van der Waals surface area contributed by atoms with Gasteiger partial charge in [0.2, 0.25) is 0 Å². The summed E-state index contributed by atoms with van der Waals surface area (Å²) in [7, 11) is 6.51. The highest BCUT2D eigenvalue weighted by molar-refractivity contribution is 7.99. The number of benzene rings is 1. The smallest absolute Gasteiger partial charge is 0.0622 e. The van der Waals surface area contributed by atoms with Crippen molar-refractivity contribution in [2.75, 3.05) is 0 Å². The highest BCUT2D eigenvalue weighted by Gasteiger charge is 2.63. The third-order valence-electron chi connectivity index (χ3n) is 10.2. The van der Waals surface area contributed by atoms with Gasteiger partial charge >= 0.3 is 7.57 Å². The maximum absolute atomic E-state index is 7.85. The van der Waals surface area contributed by atoms with Gasteiger partial charge in [0.15, 0.2) is 0 Å². The number of fused-ring (bicyclic) bond motifs is 4. The Morgan fingerprint density at radius 3 is 1.68 bits per heavy atom. The lowest BCUT2D eigenvalue weighted by molar-refractivity contribution is 0.420. The SMILES string of the molecule is [B][P+](C1CCC(c2ccccc2)CC1)(C1CC2CCC1C2)C1CC2CCC1C2. The molecule has 5 aliphatic carbocycles. The van der Waals surface area contributed by atoms with Crippen LogP contribution in [-0.4, -0.2) is 24.5 Å². The molecule has 28 heavy (non-hydrogen) atoms. The van der Waals surface area contributed by atoms with Gasteiger partial charge in [-0.2, -0.15) is 0 Å². The van der Waals surface area contributed by atoms with Gasteiger partial charge in [0, 0.05) is 0 Å². The Morgan fingerprint density at radius 1 is 0.643 bits per heavy atom. The van der Waals surface area contributed by atoms with Crippen LogP contribution >= 0.6 is 7.14 Å². The van der Waals surface area contributed by atoms with Crippen LogP contribution in [0.15, 0.2) is 30.3 Å². The zero-order chi connectivity index (χ0) is 18.7. The van der Waals surface area contributed by atoms with Crippen LogP contribution in [0.2, 0.25) is 0 Å². The Bertz CT molecular complexity index is 666. The first kappa shape index (κ1) is 18.5. The molecule has 0 aromatic heterocycles. The molecule has 0 heterocycles. The molecule has 6 atom stereocenters. The molecule has 0 aliphatic heterocycles. The van der Waals surface area contributed by atoms with Crippen molar-refractivity contribution >= 4 is 14.7 Å². The monoisotopic (exact) mass is 391 g/mol. The van der Waals surface area contributed by atoms with Crippen LogP contribution in [-0.2, 0) is 0 Å². The van der Waals surface area contributed by atoms with Crippen molar-refractivity contribution in [1.29, 1.82) is 0 Å². The molecule has 6 rings (SSSR count). The molecule has 148 valence electrons. The third-order valence-corrected chi connectivity index (χ3v) is 15.5. The minimum Gasteiger partial charge on any atom is -0.0622 e. The first-order chi connectivity index (χ1) is 13.7. The zero-order valence-corrected chi connectivity index (χ0v) is 18.4. The lowest BCUT2D eigenvalue weighted by Gasteiger charge is -2.48. The predicted octanol–water partition coefficient (Wildman–Crippen LogP) is 7.19. The van der Waals surface area contributed by atoms with E-state index in [-0.39, 0.29) is 0 Å². The Labute approximate surface area is 174 Å². The van der Waals surface area contributed by atoms with Gasteiger partial charge in [0.1, 0.15) is 0 Å². The van der Waals surface area contributed by atoms with Crippen molar-refractivity contribution in [3.8, 4) is 0 Å². The minimum atomic E-state index is -1.34. The van der Waals surface area contributed by atoms with Gasteiger partial charge in [-0.25, -0.2) is 0 Å². The Balaban J connectivity index is 1.25. The van der Waals surface area contributed by atoms with Crippen molar-refractivity contribution in [2.24, 2.45) is 23.7 Å². The Kier molecular flexibility index (Phi) is 4.72. The van der Waals surface area contributed by atoms with Crippen molar-refractivity contribution in [1.82, 2.24) is 0 Å². The van der Waals surface area contributed by atoms with E-state index in [1.807, 2.05) is 0 Å². The van der Waals surface area contributed by atoms with E-state index in [0.29, 0.717) is 0 Å². The molecule has 5 saturated carbocycles. The molecule has 0 nitrogen and oxygen atoms in total. The van der Waals surface area contributed by atoms with E-state index >= 15 is 0 Å². The normalized spacial score (nSPS) is 46.7. The van der Waals surface area contributed by atoms with Crippen LogP contribution in [0.4, 0.5) is 0 Å². The summed E-state index contributed by atoms with van der Waals surface area (Å²) in [4.78, 5) is 0. The molecule has 2 radical (unpaired) electrons. The summed E-state index contributed by atoms with van der Waals surface area (Å²) in [5.74, 6) is 4.95. The topological polar surface area (TPSA) is 0 Å². The molecule has 0 amide bonds. The predicted molar refractivity (Wildman–Crippen MR) is 123 cm³/mol. The third kappa shape index (κ3) is 2.89. The van der Waals surface area contributed by atoms with Crippen LogP contribution in [0.1, 0.15) is 88.5 Å². The highest BCUT2D eigenvalue weighted by Crippen LogP contribution is 2.80. The summed E-state index contributed by atoms with van der Waals surface area (Å²) in [6.45, 7) is 0. The molecule has 0 saturated heterocycles. The zero-order valence-electron chi connectivity index (χ0n) is 17.5. The van der Waals surface area contributed by atoms with Crippen LogP contribution < -0.4 is 0 Å². The fraction of sp³-hybridized carbons (Fsp3) is 0.769. The van der Waals surface area contributed by atoms with Crippen molar-refractivity contribution in [2.45, 2.75) is 99.9 Å². The molecule has 5 fully saturated rings. The van der Waals surface area contributed by atoms with Gasteiger partial charge in [-0.05, 0) is 119 Å². The van der Waals surface area contributed by atoms with Crippen molar-refractivity contribution < 1.29 is 0 Å². The number of rotatable bonds is 4. The maximum Gasteiger partial charge on any atom is 0.366 e. The number of hydrogen-bond acceptors (Lipinski definition) is 0. The first-order valence-corrected chi connectivity index (χ1v) is 14.5. The van der Waals surface area contributed by atoms with Gasteiger partial charge in [0.05, 0.1) is 17.0 Å². The summed E-state index contributed by atoms with van der Waals surface area (Å²) < 4.78 is 0. The fourth-order valence-corrected chi connectivity index (χ4v) is 15.0. The molecule has 4 bridgehead atoms. The van der Waals surface area contributed by atoms with Crippen molar-refractivity contribution in [3.05, 3.63) is 35.9 Å². The van der Waals surface area contributed by atoms with Gasteiger partial charge in [-0.3, -0.25) is 0 Å². The van der Waals surface area contributed by atoms with E-state index in [0.717, 1.165) is 46.6 Å². The van der Waals surface area contributed by atoms with Gasteiger partial charge in [-0.15, -0.1) is 0 Å². The Morgan fingerprint density at radius 2 is 1.21 bits per heavy atom. The minimum absolute atomic E-state index is 0.797.